The van der Waals surface area contributed by atoms with Crippen molar-refractivity contribution in [1.82, 2.24) is 30.6 Å². The number of halogens is 6. The first-order chi connectivity index (χ1) is 27.9. The second kappa shape index (κ2) is 24.2. The van der Waals surface area contributed by atoms with Crippen molar-refractivity contribution in [3.63, 3.8) is 0 Å². The van der Waals surface area contributed by atoms with Crippen LogP contribution >= 0.6 is 74.7 Å². The number of alkyl halides is 1. The highest BCUT2D eigenvalue weighted by Crippen LogP contribution is 2.34. The maximum Gasteiger partial charge on any atom is 0.121 e. The summed E-state index contributed by atoms with van der Waals surface area (Å²) in [6.45, 7) is 10.6. The maximum absolute atomic E-state index is 6.35. The average Bonchev–Trinajstić information content (AvgIpc) is 3.92. The molecule has 2 aliphatic heterocycles. The first-order valence-corrected chi connectivity index (χ1v) is 22.0. The molecule has 58 heavy (non-hydrogen) atoms. The minimum Gasteiger partial charge on any atom is -0.494 e. The molecule has 2 aliphatic rings. The van der Waals surface area contributed by atoms with Crippen LogP contribution in [0, 0.1) is 0 Å². The van der Waals surface area contributed by atoms with E-state index >= 15 is 0 Å². The highest BCUT2D eigenvalue weighted by Gasteiger charge is 2.19. The summed E-state index contributed by atoms with van der Waals surface area (Å²) in [5, 5.41) is 23.0. The predicted octanol–water partition coefficient (Wildman–Crippen LogP) is 10.8. The third-order valence-electron chi connectivity index (χ3n) is 9.79. The molecule has 8 rings (SSSR count). The molecule has 312 valence electrons. The van der Waals surface area contributed by atoms with Crippen molar-refractivity contribution in [3.8, 4) is 11.5 Å². The zero-order valence-corrected chi connectivity index (χ0v) is 37.7. The van der Waals surface area contributed by atoms with E-state index in [-0.39, 0.29) is 12.4 Å². The van der Waals surface area contributed by atoms with Crippen molar-refractivity contribution in [1.29, 1.82) is 0 Å². The number of piperazine rings is 2. The van der Waals surface area contributed by atoms with Gasteiger partial charge in [-0.05, 0) is 80.8 Å². The first-order valence-electron chi connectivity index (χ1n) is 19.4. The number of nitrogens with zero attached hydrogens (tertiary/aromatic N) is 5. The van der Waals surface area contributed by atoms with Gasteiger partial charge in [0.15, 0.2) is 0 Å². The molecule has 3 N–H and O–H groups in total. The summed E-state index contributed by atoms with van der Waals surface area (Å²) in [4.78, 5) is 7.08. The summed E-state index contributed by atoms with van der Waals surface area (Å²) in [5.74, 6) is 1.80. The number of rotatable bonds is 13. The molecule has 0 atom stereocenters. The monoisotopic (exact) mass is 952 g/mol. The molecule has 0 radical (unpaired) electrons. The number of hydrogen-bond acceptors (Lipinski definition) is 8. The predicted molar refractivity (Wildman–Crippen MR) is 249 cm³/mol. The molecule has 6 aromatic rings. The Bertz CT molecular complexity index is 2120. The zero-order valence-electron chi connectivity index (χ0n) is 32.2. The molecule has 4 heterocycles. The summed E-state index contributed by atoms with van der Waals surface area (Å²) in [5.41, 5.74) is 4.11. The Morgan fingerprint density at radius 3 is 1.62 bits per heavy atom. The fourth-order valence-electron chi connectivity index (χ4n) is 6.62. The highest BCUT2D eigenvalue weighted by molar-refractivity contribution is 9.09. The molecular formula is C42H50BrCl5N8O2. The van der Waals surface area contributed by atoms with Gasteiger partial charge in [0, 0.05) is 80.6 Å². The van der Waals surface area contributed by atoms with Gasteiger partial charge in [-0.25, -0.2) is 0 Å². The summed E-state index contributed by atoms with van der Waals surface area (Å²) < 4.78 is 11.5. The van der Waals surface area contributed by atoms with Crippen LogP contribution in [0.15, 0.2) is 85.2 Å². The molecule has 16 heteroatoms. The number of ether oxygens (including phenoxy) is 2. The molecule has 0 amide bonds. The van der Waals surface area contributed by atoms with Crippen LogP contribution in [-0.2, 0) is 0 Å². The van der Waals surface area contributed by atoms with Gasteiger partial charge in [-0.1, -0.05) is 74.5 Å². The third kappa shape index (κ3) is 13.4. The molecule has 0 bridgehead atoms. The van der Waals surface area contributed by atoms with Crippen molar-refractivity contribution in [2.24, 2.45) is 0 Å². The molecule has 10 nitrogen and oxygen atoms in total. The minimum atomic E-state index is 0. The molecule has 2 fully saturated rings. The Morgan fingerprint density at radius 2 is 1.10 bits per heavy atom. The number of H-pyrrole nitrogens is 2. The Labute approximate surface area is 375 Å². The van der Waals surface area contributed by atoms with Crippen LogP contribution in [0.3, 0.4) is 0 Å². The van der Waals surface area contributed by atoms with E-state index in [9.17, 15) is 0 Å². The number of nitrogens with one attached hydrogen (secondary N) is 3. The normalized spacial score (nSPS) is 14.3. The van der Waals surface area contributed by atoms with Gasteiger partial charge < -0.3 is 24.6 Å². The number of hydrogen-bond donors (Lipinski definition) is 3. The fraction of sp³-hybridized carbons (Fsp3) is 0.381. The van der Waals surface area contributed by atoms with Crippen LogP contribution in [0.25, 0.3) is 21.8 Å². The SMILES string of the molecule is BrCCCCOc1ccc2cn[nH]c2c1.Cl.Clc1cccc(N2CCN(CCCCOc3ccc4cn[nH]c4c3)CC2)c1Cl.Clc1cccc(N2CCNCC2)c1Cl. The average molecular weight is 956 g/mol. The van der Waals surface area contributed by atoms with Crippen molar-refractivity contribution < 1.29 is 9.47 Å². The van der Waals surface area contributed by atoms with Gasteiger partial charge in [0.2, 0.25) is 0 Å². The van der Waals surface area contributed by atoms with Crippen LogP contribution in [0.4, 0.5) is 11.4 Å². The largest absolute Gasteiger partial charge is 0.494 e. The van der Waals surface area contributed by atoms with Crippen molar-refractivity contribution in [3.05, 3.63) is 105 Å². The lowest BCUT2D eigenvalue weighted by Gasteiger charge is -2.36. The Hall–Kier alpha value is -3.13. The molecule has 0 unspecified atom stereocenters. The van der Waals surface area contributed by atoms with Crippen LogP contribution in [0.5, 0.6) is 11.5 Å². The van der Waals surface area contributed by atoms with Crippen molar-refractivity contribution in [2.75, 3.05) is 87.2 Å². The molecule has 0 aliphatic carbocycles. The molecule has 0 saturated carbocycles. The van der Waals surface area contributed by atoms with E-state index < -0.39 is 0 Å². The highest BCUT2D eigenvalue weighted by atomic mass is 79.9. The quantitative estimate of drug-likeness (QED) is 0.0778. The zero-order chi connectivity index (χ0) is 39.8. The Balaban J connectivity index is 0.000000180. The van der Waals surface area contributed by atoms with Gasteiger partial charge >= 0.3 is 0 Å². The third-order valence-corrected chi connectivity index (χ3v) is 12.0. The van der Waals surface area contributed by atoms with E-state index in [1.54, 1.807) is 0 Å². The summed E-state index contributed by atoms with van der Waals surface area (Å²) in [7, 11) is 0. The summed E-state index contributed by atoms with van der Waals surface area (Å²) in [6.07, 6.45) is 8.02. The second-order valence-corrected chi connectivity index (χ2v) is 16.1. The fourth-order valence-corrected chi connectivity index (χ4v) is 7.84. The van der Waals surface area contributed by atoms with E-state index in [1.807, 2.05) is 85.2 Å². The van der Waals surface area contributed by atoms with Crippen LogP contribution in [0.1, 0.15) is 25.7 Å². The first kappa shape index (κ1) is 45.9. The van der Waals surface area contributed by atoms with Crippen LogP contribution in [-0.4, -0.2) is 103 Å². The molecule has 4 aromatic carbocycles. The number of anilines is 2. The molecule has 0 spiro atoms. The number of aromatic amines is 2. The van der Waals surface area contributed by atoms with Gasteiger partial charge in [0.25, 0.3) is 0 Å². The molecule has 2 aromatic heterocycles. The number of unbranched alkanes of at least 4 members (excludes halogenated alkanes) is 2. The van der Waals surface area contributed by atoms with E-state index in [0.29, 0.717) is 20.1 Å². The van der Waals surface area contributed by atoms with Crippen molar-refractivity contribution >= 4 is 108 Å². The molecular weight excluding hydrogens is 906 g/mol. The number of fused-ring (bicyclic) bond motifs is 2. The number of benzene rings is 4. The lowest BCUT2D eigenvalue weighted by molar-refractivity contribution is 0.238. The van der Waals surface area contributed by atoms with E-state index in [2.05, 4.69) is 56.3 Å². The van der Waals surface area contributed by atoms with Gasteiger partial charge in [-0.2, -0.15) is 10.2 Å². The van der Waals surface area contributed by atoms with Gasteiger partial charge in [-0.3, -0.25) is 15.1 Å². The van der Waals surface area contributed by atoms with Gasteiger partial charge in [0.1, 0.15) is 11.5 Å². The van der Waals surface area contributed by atoms with Crippen molar-refractivity contribution in [2.45, 2.75) is 25.7 Å². The second-order valence-electron chi connectivity index (χ2n) is 13.7. The van der Waals surface area contributed by atoms with Gasteiger partial charge in [-0.15, -0.1) is 12.4 Å². The Morgan fingerprint density at radius 1 is 0.603 bits per heavy atom. The number of aromatic nitrogens is 4. The topological polar surface area (TPSA) is 97.6 Å². The summed E-state index contributed by atoms with van der Waals surface area (Å²) in [6, 6.07) is 23.6. The minimum absolute atomic E-state index is 0. The Kier molecular flexibility index (Phi) is 19.2. The van der Waals surface area contributed by atoms with E-state index in [4.69, 9.17) is 55.9 Å². The van der Waals surface area contributed by atoms with Crippen LogP contribution in [0.2, 0.25) is 20.1 Å². The maximum atomic E-state index is 6.35. The van der Waals surface area contributed by atoms with E-state index in [0.717, 1.165) is 148 Å². The van der Waals surface area contributed by atoms with Crippen LogP contribution < -0.4 is 24.6 Å². The van der Waals surface area contributed by atoms with E-state index in [1.165, 1.54) is 0 Å². The summed E-state index contributed by atoms with van der Waals surface area (Å²) >= 11 is 28.0. The smallest absolute Gasteiger partial charge is 0.121 e. The van der Waals surface area contributed by atoms with Gasteiger partial charge in [0.05, 0.1) is 68.1 Å². The lowest BCUT2D eigenvalue weighted by atomic mass is 10.2. The molecule has 2 saturated heterocycles. The lowest BCUT2D eigenvalue weighted by Crippen LogP contribution is -2.46. The standard InChI is InChI=1S/C21H24Cl2N4O.C11H13BrN2O.C10H12Cl2N2.ClH/c22-18-4-3-5-20(21(18)23)27-11-9-26(10-12-27)8-1-2-13-28-17-7-6-16-15-24-25-19(16)14-17;12-5-1-2-6-15-10-4-3-9-8-13-14-11(9)7-10;11-8-2-1-3-9(10(8)12)14-6-4-13-5-7-14;/h3-7,14-15H,1-2,8-13H2,(H,24,25);3-4,7-8H,1-2,5-6H2,(H,13,14);1-3,13H,4-7H2;1H.